The molecular weight excluding hydrogens is 294 g/mol. The van der Waals surface area contributed by atoms with Gasteiger partial charge < -0.3 is 21.5 Å². The molecule has 0 aromatic heterocycles. The minimum Gasteiger partial charge on any atom is -0.478 e. The number of hydrogen-bond acceptors (Lipinski definition) is 3. The summed E-state index contributed by atoms with van der Waals surface area (Å²) in [6.07, 6.45) is 0. The van der Waals surface area contributed by atoms with E-state index in [1.165, 1.54) is 18.2 Å². The number of carboxylic acids is 1. The lowest BCUT2D eigenvalue weighted by Crippen LogP contribution is -2.21. The molecule has 0 aliphatic carbocycles. The SMILES string of the molecule is Nc1ccc(NC(=O)Nc2cccc(Cl)c2)c(C(=O)O)c1. The lowest BCUT2D eigenvalue weighted by Gasteiger charge is -2.10. The van der Waals surface area contributed by atoms with Crippen LogP contribution in [0.5, 0.6) is 0 Å². The summed E-state index contributed by atoms with van der Waals surface area (Å²) in [5, 5.41) is 14.6. The Bertz CT molecular complexity index is 704. The largest absolute Gasteiger partial charge is 0.478 e. The average Bonchev–Trinajstić information content (AvgIpc) is 2.40. The molecule has 0 fully saturated rings. The first-order valence-corrected chi connectivity index (χ1v) is 6.30. The molecule has 0 heterocycles. The maximum atomic E-state index is 11.9. The van der Waals surface area contributed by atoms with Crippen LogP contribution in [-0.2, 0) is 0 Å². The number of carboxylic acid groups (broad SMARTS) is 1. The molecule has 2 aromatic carbocycles. The summed E-state index contributed by atoms with van der Waals surface area (Å²) in [7, 11) is 0. The smallest absolute Gasteiger partial charge is 0.337 e. The fourth-order valence-electron chi connectivity index (χ4n) is 1.70. The highest BCUT2D eigenvalue weighted by molar-refractivity contribution is 6.30. The van der Waals surface area contributed by atoms with Crippen molar-refractivity contribution >= 4 is 40.7 Å². The Balaban J connectivity index is 2.15. The molecule has 2 aromatic rings. The number of carbonyl (C=O) groups is 2. The predicted octanol–water partition coefficient (Wildman–Crippen LogP) is 3.26. The Hall–Kier alpha value is -2.73. The normalized spacial score (nSPS) is 9.95. The van der Waals surface area contributed by atoms with E-state index in [4.69, 9.17) is 22.4 Å². The maximum absolute atomic E-state index is 11.9. The number of halogens is 1. The van der Waals surface area contributed by atoms with Crippen molar-refractivity contribution in [3.63, 3.8) is 0 Å². The minimum atomic E-state index is -1.18. The molecule has 5 N–H and O–H groups in total. The summed E-state index contributed by atoms with van der Waals surface area (Å²) >= 11 is 5.81. The molecule has 0 aliphatic heterocycles. The van der Waals surface area contributed by atoms with Crippen molar-refractivity contribution in [2.24, 2.45) is 0 Å². The van der Waals surface area contributed by atoms with Crippen LogP contribution in [-0.4, -0.2) is 17.1 Å². The summed E-state index contributed by atoms with van der Waals surface area (Å²) < 4.78 is 0. The Morgan fingerprint density at radius 1 is 1.10 bits per heavy atom. The second-order valence-corrected chi connectivity index (χ2v) is 4.64. The van der Waals surface area contributed by atoms with Crippen molar-refractivity contribution in [3.05, 3.63) is 53.1 Å². The number of benzene rings is 2. The predicted molar refractivity (Wildman–Crippen MR) is 81.9 cm³/mol. The summed E-state index contributed by atoms with van der Waals surface area (Å²) in [5.74, 6) is -1.18. The van der Waals surface area contributed by atoms with Gasteiger partial charge in [-0.05, 0) is 36.4 Å². The second kappa shape index (κ2) is 6.15. The van der Waals surface area contributed by atoms with Crippen molar-refractivity contribution in [1.29, 1.82) is 0 Å². The van der Waals surface area contributed by atoms with Crippen molar-refractivity contribution in [2.75, 3.05) is 16.4 Å². The fourth-order valence-corrected chi connectivity index (χ4v) is 1.89. The van der Waals surface area contributed by atoms with Crippen LogP contribution in [0.15, 0.2) is 42.5 Å². The van der Waals surface area contributed by atoms with Gasteiger partial charge in [-0.1, -0.05) is 17.7 Å². The van der Waals surface area contributed by atoms with E-state index in [1.807, 2.05) is 0 Å². The molecule has 0 atom stereocenters. The monoisotopic (exact) mass is 305 g/mol. The molecule has 21 heavy (non-hydrogen) atoms. The molecule has 0 bridgehead atoms. The zero-order valence-electron chi connectivity index (χ0n) is 10.8. The first-order chi connectivity index (χ1) is 9.95. The average molecular weight is 306 g/mol. The molecule has 2 amide bonds. The molecule has 2 rings (SSSR count). The molecule has 7 heteroatoms. The number of amides is 2. The lowest BCUT2D eigenvalue weighted by atomic mass is 10.1. The van der Waals surface area contributed by atoms with Gasteiger partial charge in [-0.3, -0.25) is 0 Å². The zero-order valence-corrected chi connectivity index (χ0v) is 11.5. The van der Waals surface area contributed by atoms with Crippen molar-refractivity contribution in [2.45, 2.75) is 0 Å². The van der Waals surface area contributed by atoms with Gasteiger partial charge in [0, 0.05) is 16.4 Å². The number of urea groups is 1. The number of nitrogens with two attached hydrogens (primary N) is 1. The van der Waals surface area contributed by atoms with Gasteiger partial charge >= 0.3 is 12.0 Å². The zero-order chi connectivity index (χ0) is 15.4. The minimum absolute atomic E-state index is 0.0868. The number of hydrogen-bond donors (Lipinski definition) is 4. The topological polar surface area (TPSA) is 104 Å². The molecule has 6 nitrogen and oxygen atoms in total. The molecule has 0 saturated heterocycles. The van der Waals surface area contributed by atoms with Gasteiger partial charge in [-0.25, -0.2) is 9.59 Å². The summed E-state index contributed by atoms with van der Waals surface area (Å²) in [6.45, 7) is 0. The van der Waals surface area contributed by atoms with E-state index < -0.39 is 12.0 Å². The van der Waals surface area contributed by atoms with Gasteiger partial charge in [0.1, 0.15) is 0 Å². The third-order valence-corrected chi connectivity index (χ3v) is 2.84. The van der Waals surface area contributed by atoms with E-state index in [1.54, 1.807) is 24.3 Å². The first-order valence-electron chi connectivity index (χ1n) is 5.92. The number of anilines is 3. The van der Waals surface area contributed by atoms with Crippen molar-refractivity contribution in [3.8, 4) is 0 Å². The number of aromatic carboxylic acids is 1. The van der Waals surface area contributed by atoms with Gasteiger partial charge in [0.2, 0.25) is 0 Å². The third-order valence-electron chi connectivity index (χ3n) is 2.60. The molecule has 108 valence electrons. The lowest BCUT2D eigenvalue weighted by molar-refractivity contribution is 0.0698. The summed E-state index contributed by atoms with van der Waals surface area (Å²) in [6, 6.07) is 10.2. The summed E-state index contributed by atoms with van der Waals surface area (Å²) in [5.41, 5.74) is 6.38. The standard InChI is InChI=1S/C14H12ClN3O3/c15-8-2-1-3-10(6-8)17-14(21)18-12-5-4-9(16)7-11(12)13(19)20/h1-7H,16H2,(H,19,20)(H2,17,18,21). The number of carbonyl (C=O) groups excluding carboxylic acids is 1. The van der Waals surface area contributed by atoms with Crippen LogP contribution in [0, 0.1) is 0 Å². The van der Waals surface area contributed by atoms with E-state index in [0.717, 1.165) is 0 Å². The van der Waals surface area contributed by atoms with Gasteiger partial charge in [0.25, 0.3) is 0 Å². The number of rotatable bonds is 3. The molecule has 0 saturated carbocycles. The van der Waals surface area contributed by atoms with E-state index in [-0.39, 0.29) is 11.3 Å². The van der Waals surface area contributed by atoms with E-state index in [9.17, 15) is 9.59 Å². The third kappa shape index (κ3) is 3.87. The number of nitrogen functional groups attached to an aromatic ring is 1. The van der Waals surface area contributed by atoms with Gasteiger partial charge in [-0.2, -0.15) is 0 Å². The van der Waals surface area contributed by atoms with Crippen molar-refractivity contribution in [1.82, 2.24) is 0 Å². The molecule has 0 unspecified atom stereocenters. The van der Waals surface area contributed by atoms with Crippen LogP contribution in [0.2, 0.25) is 5.02 Å². The van der Waals surface area contributed by atoms with Crippen LogP contribution < -0.4 is 16.4 Å². The quantitative estimate of drug-likeness (QED) is 0.653. The summed E-state index contributed by atoms with van der Waals surface area (Å²) in [4.78, 5) is 23.0. The first kappa shape index (κ1) is 14.7. The van der Waals surface area contributed by atoms with Crippen LogP contribution in [0.4, 0.5) is 21.9 Å². The Labute approximate surface area is 125 Å². The van der Waals surface area contributed by atoms with Crippen LogP contribution in [0.25, 0.3) is 0 Å². The van der Waals surface area contributed by atoms with Crippen LogP contribution in [0.3, 0.4) is 0 Å². The van der Waals surface area contributed by atoms with Crippen LogP contribution in [0.1, 0.15) is 10.4 Å². The molecular formula is C14H12ClN3O3. The molecule has 0 spiro atoms. The molecule has 0 radical (unpaired) electrons. The molecule has 0 aliphatic rings. The Morgan fingerprint density at radius 2 is 1.86 bits per heavy atom. The van der Waals surface area contributed by atoms with E-state index in [0.29, 0.717) is 16.4 Å². The fraction of sp³-hybridized carbons (Fsp3) is 0. The van der Waals surface area contributed by atoms with Crippen LogP contribution >= 0.6 is 11.6 Å². The van der Waals surface area contributed by atoms with E-state index in [2.05, 4.69) is 10.6 Å². The highest BCUT2D eigenvalue weighted by Crippen LogP contribution is 2.20. The van der Waals surface area contributed by atoms with Gasteiger partial charge in [0.15, 0.2) is 0 Å². The number of nitrogens with one attached hydrogen (secondary N) is 2. The van der Waals surface area contributed by atoms with Gasteiger partial charge in [0.05, 0.1) is 11.3 Å². The highest BCUT2D eigenvalue weighted by atomic mass is 35.5. The highest BCUT2D eigenvalue weighted by Gasteiger charge is 2.13. The Morgan fingerprint density at radius 3 is 2.52 bits per heavy atom. The van der Waals surface area contributed by atoms with E-state index >= 15 is 0 Å². The van der Waals surface area contributed by atoms with Gasteiger partial charge in [-0.15, -0.1) is 0 Å². The maximum Gasteiger partial charge on any atom is 0.337 e. The second-order valence-electron chi connectivity index (χ2n) is 4.20. The Kier molecular flexibility index (Phi) is 4.30. The van der Waals surface area contributed by atoms with Crippen molar-refractivity contribution < 1.29 is 14.7 Å².